The Kier molecular flexibility index (Phi) is 2.88. The Morgan fingerprint density at radius 1 is 1.28 bits per heavy atom. The summed E-state index contributed by atoms with van der Waals surface area (Å²) in [6.45, 7) is 6.09. The summed E-state index contributed by atoms with van der Waals surface area (Å²) in [5, 5.41) is 3.84. The third-order valence-corrected chi connectivity index (χ3v) is 3.63. The molecule has 18 heavy (non-hydrogen) atoms. The fourth-order valence-corrected chi connectivity index (χ4v) is 2.41. The highest BCUT2D eigenvalue weighted by Gasteiger charge is 2.35. The highest BCUT2D eigenvalue weighted by molar-refractivity contribution is 5.19. The molecule has 1 aliphatic rings. The van der Waals surface area contributed by atoms with Gasteiger partial charge in [-0.1, -0.05) is 35.5 Å². The van der Waals surface area contributed by atoms with E-state index in [1.54, 1.807) is 0 Å². The maximum atomic E-state index is 5.21. The molecule has 1 atom stereocenters. The highest BCUT2D eigenvalue weighted by Crippen LogP contribution is 2.33. The van der Waals surface area contributed by atoms with E-state index in [1.807, 2.05) is 6.92 Å². The number of hydrogen-bond acceptors (Lipinski definition) is 4. The van der Waals surface area contributed by atoms with Gasteiger partial charge < -0.3 is 4.52 Å². The number of benzene rings is 1. The third-order valence-electron chi connectivity index (χ3n) is 3.63. The van der Waals surface area contributed by atoms with Crippen LogP contribution in [0, 0.1) is 6.92 Å². The van der Waals surface area contributed by atoms with E-state index in [4.69, 9.17) is 4.52 Å². The van der Waals surface area contributed by atoms with Gasteiger partial charge in [-0.15, -0.1) is 0 Å². The van der Waals surface area contributed by atoms with Gasteiger partial charge in [0.25, 0.3) is 0 Å². The predicted molar refractivity (Wildman–Crippen MR) is 68.2 cm³/mol. The molecular weight excluding hydrogens is 226 g/mol. The van der Waals surface area contributed by atoms with Crippen LogP contribution in [0.4, 0.5) is 0 Å². The Morgan fingerprint density at radius 2 is 2.00 bits per heavy atom. The van der Waals surface area contributed by atoms with Crippen molar-refractivity contribution < 1.29 is 4.52 Å². The molecule has 3 rings (SSSR count). The van der Waals surface area contributed by atoms with E-state index < -0.39 is 0 Å². The molecule has 2 aromatic rings. The van der Waals surface area contributed by atoms with E-state index in [0.29, 0.717) is 12.0 Å². The first-order chi connectivity index (χ1) is 8.74. The normalized spacial score (nSPS) is 18.6. The minimum atomic E-state index is 0.400. The standard InChI is InChI=1S/C14H17N3O/c1-10(12-6-4-3-5-7-12)17-8-13(9-17)14-15-11(2)16-18-14/h3-7,10,13H,8-9H2,1-2H3. The lowest BCUT2D eigenvalue weighted by Gasteiger charge is -2.41. The quantitative estimate of drug-likeness (QED) is 0.830. The second-order valence-electron chi connectivity index (χ2n) is 4.92. The summed E-state index contributed by atoms with van der Waals surface area (Å²) in [5.41, 5.74) is 1.36. The molecule has 0 spiro atoms. The van der Waals surface area contributed by atoms with E-state index in [9.17, 15) is 0 Å². The van der Waals surface area contributed by atoms with E-state index in [2.05, 4.69) is 52.3 Å². The van der Waals surface area contributed by atoms with Crippen LogP contribution in [-0.2, 0) is 0 Å². The van der Waals surface area contributed by atoms with Crippen LogP contribution in [0.1, 0.15) is 36.2 Å². The molecule has 1 saturated heterocycles. The smallest absolute Gasteiger partial charge is 0.232 e. The molecule has 1 aliphatic heterocycles. The average molecular weight is 243 g/mol. The summed E-state index contributed by atoms with van der Waals surface area (Å²) >= 11 is 0. The van der Waals surface area contributed by atoms with Crippen molar-refractivity contribution in [2.45, 2.75) is 25.8 Å². The number of nitrogens with zero attached hydrogens (tertiary/aromatic N) is 3. The Morgan fingerprint density at radius 3 is 2.61 bits per heavy atom. The van der Waals surface area contributed by atoms with E-state index in [0.717, 1.165) is 24.8 Å². The molecule has 0 N–H and O–H groups in total. The first kappa shape index (κ1) is 11.4. The Hall–Kier alpha value is -1.68. The lowest BCUT2D eigenvalue weighted by molar-refractivity contribution is 0.0835. The maximum absolute atomic E-state index is 5.21. The molecule has 0 radical (unpaired) electrons. The molecule has 0 amide bonds. The first-order valence-corrected chi connectivity index (χ1v) is 6.33. The zero-order chi connectivity index (χ0) is 12.5. The monoisotopic (exact) mass is 243 g/mol. The third kappa shape index (κ3) is 2.04. The predicted octanol–water partition coefficient (Wildman–Crippen LogP) is 2.54. The Bertz CT molecular complexity index is 517. The van der Waals surface area contributed by atoms with Crippen molar-refractivity contribution in [1.82, 2.24) is 15.0 Å². The molecule has 1 aromatic carbocycles. The van der Waals surface area contributed by atoms with Gasteiger partial charge in [-0.25, -0.2) is 0 Å². The van der Waals surface area contributed by atoms with Gasteiger partial charge in [-0.05, 0) is 19.4 Å². The van der Waals surface area contributed by atoms with Crippen molar-refractivity contribution in [3.05, 3.63) is 47.6 Å². The molecule has 0 bridgehead atoms. The van der Waals surface area contributed by atoms with Gasteiger partial charge in [-0.3, -0.25) is 4.90 Å². The summed E-state index contributed by atoms with van der Waals surface area (Å²) in [7, 11) is 0. The van der Waals surface area contributed by atoms with Crippen LogP contribution in [0.2, 0.25) is 0 Å². The molecule has 0 aliphatic carbocycles. The van der Waals surface area contributed by atoms with Crippen LogP contribution >= 0.6 is 0 Å². The molecule has 94 valence electrons. The van der Waals surface area contributed by atoms with Gasteiger partial charge in [0.1, 0.15) is 0 Å². The van der Waals surface area contributed by atoms with Crippen molar-refractivity contribution in [3.8, 4) is 0 Å². The van der Waals surface area contributed by atoms with Crippen molar-refractivity contribution in [2.75, 3.05) is 13.1 Å². The Labute approximate surface area is 107 Å². The minimum Gasteiger partial charge on any atom is -0.339 e. The molecule has 1 aromatic heterocycles. The van der Waals surface area contributed by atoms with E-state index >= 15 is 0 Å². The van der Waals surface area contributed by atoms with Gasteiger partial charge in [0.15, 0.2) is 5.82 Å². The van der Waals surface area contributed by atoms with Gasteiger partial charge in [-0.2, -0.15) is 4.98 Å². The number of rotatable bonds is 3. The summed E-state index contributed by atoms with van der Waals surface area (Å²) in [6, 6.07) is 11.0. The van der Waals surface area contributed by atoms with Crippen molar-refractivity contribution >= 4 is 0 Å². The fraction of sp³-hybridized carbons (Fsp3) is 0.429. The first-order valence-electron chi connectivity index (χ1n) is 6.33. The van der Waals surface area contributed by atoms with Gasteiger partial charge in [0.05, 0.1) is 5.92 Å². The van der Waals surface area contributed by atoms with Crippen molar-refractivity contribution in [1.29, 1.82) is 0 Å². The van der Waals surface area contributed by atoms with Gasteiger partial charge >= 0.3 is 0 Å². The number of hydrogen-bond donors (Lipinski definition) is 0. The van der Waals surface area contributed by atoms with Crippen LogP contribution in [-0.4, -0.2) is 28.1 Å². The minimum absolute atomic E-state index is 0.400. The van der Waals surface area contributed by atoms with Gasteiger partial charge in [0.2, 0.25) is 5.89 Å². The summed E-state index contributed by atoms with van der Waals surface area (Å²) in [4.78, 5) is 6.72. The molecule has 0 saturated carbocycles. The lowest BCUT2D eigenvalue weighted by Crippen LogP contribution is -2.46. The molecular formula is C14H17N3O. The second kappa shape index (κ2) is 4.53. The van der Waals surface area contributed by atoms with Crippen LogP contribution in [0.5, 0.6) is 0 Å². The van der Waals surface area contributed by atoms with Crippen LogP contribution < -0.4 is 0 Å². The molecule has 1 unspecified atom stereocenters. The van der Waals surface area contributed by atoms with Crippen LogP contribution in [0.25, 0.3) is 0 Å². The summed E-state index contributed by atoms with van der Waals surface area (Å²) in [5.74, 6) is 1.90. The zero-order valence-electron chi connectivity index (χ0n) is 10.7. The topological polar surface area (TPSA) is 42.2 Å². The highest BCUT2D eigenvalue weighted by atomic mass is 16.5. The fourth-order valence-electron chi connectivity index (χ4n) is 2.41. The number of aryl methyl sites for hydroxylation is 1. The number of aromatic nitrogens is 2. The van der Waals surface area contributed by atoms with Crippen molar-refractivity contribution in [3.63, 3.8) is 0 Å². The SMILES string of the molecule is Cc1noc(C2CN(C(C)c3ccccc3)C2)n1. The van der Waals surface area contributed by atoms with Crippen LogP contribution in [0.3, 0.4) is 0 Å². The van der Waals surface area contributed by atoms with E-state index in [1.165, 1.54) is 5.56 Å². The largest absolute Gasteiger partial charge is 0.339 e. The summed E-state index contributed by atoms with van der Waals surface area (Å²) < 4.78 is 5.21. The van der Waals surface area contributed by atoms with E-state index in [-0.39, 0.29) is 0 Å². The van der Waals surface area contributed by atoms with Crippen molar-refractivity contribution in [2.24, 2.45) is 0 Å². The zero-order valence-corrected chi connectivity index (χ0v) is 10.7. The number of likely N-dealkylation sites (tertiary alicyclic amines) is 1. The Balaban J connectivity index is 1.62. The van der Waals surface area contributed by atoms with Crippen LogP contribution in [0.15, 0.2) is 34.9 Å². The maximum Gasteiger partial charge on any atom is 0.232 e. The van der Waals surface area contributed by atoms with Gasteiger partial charge in [0, 0.05) is 19.1 Å². The average Bonchev–Trinajstić information content (AvgIpc) is 2.75. The molecule has 4 heteroatoms. The molecule has 2 heterocycles. The lowest BCUT2D eigenvalue weighted by atomic mass is 9.95. The summed E-state index contributed by atoms with van der Waals surface area (Å²) in [6.07, 6.45) is 0. The molecule has 1 fully saturated rings. The second-order valence-corrected chi connectivity index (χ2v) is 4.92. The molecule has 4 nitrogen and oxygen atoms in total.